The van der Waals surface area contributed by atoms with Crippen molar-refractivity contribution in [2.75, 3.05) is 18.0 Å². The van der Waals surface area contributed by atoms with E-state index in [2.05, 4.69) is 22.0 Å². The van der Waals surface area contributed by atoms with Gasteiger partial charge in [-0.05, 0) is 49.9 Å². The molecule has 5 nitrogen and oxygen atoms in total. The van der Waals surface area contributed by atoms with E-state index in [1.807, 2.05) is 60.4 Å². The highest BCUT2D eigenvalue weighted by molar-refractivity contribution is 5.92. The van der Waals surface area contributed by atoms with Gasteiger partial charge in [0.25, 0.3) is 5.91 Å². The summed E-state index contributed by atoms with van der Waals surface area (Å²) in [5.74, 6) is 0.560. The fraction of sp³-hybridized carbons (Fsp3) is 0.292. The number of hydrogen-bond acceptors (Lipinski definition) is 4. The minimum atomic E-state index is 0.00386. The zero-order valence-electron chi connectivity index (χ0n) is 16.8. The average Bonchev–Trinajstić information content (AvgIpc) is 2.78. The van der Waals surface area contributed by atoms with Crippen LogP contribution in [-0.4, -0.2) is 33.9 Å². The Morgan fingerprint density at radius 1 is 0.931 bits per heavy atom. The van der Waals surface area contributed by atoms with Crippen LogP contribution >= 0.6 is 0 Å². The predicted octanol–water partition coefficient (Wildman–Crippen LogP) is 4.75. The van der Waals surface area contributed by atoms with E-state index in [9.17, 15) is 4.79 Å². The Morgan fingerprint density at radius 2 is 1.59 bits per heavy atom. The minimum absolute atomic E-state index is 0.00386. The average molecular weight is 386 g/mol. The van der Waals surface area contributed by atoms with Crippen LogP contribution < -0.4 is 4.90 Å². The van der Waals surface area contributed by atoms with Crippen LogP contribution in [0.2, 0.25) is 0 Å². The quantitative estimate of drug-likeness (QED) is 0.635. The highest BCUT2D eigenvalue weighted by atomic mass is 16.2. The second kappa shape index (κ2) is 8.86. The van der Waals surface area contributed by atoms with E-state index in [-0.39, 0.29) is 5.91 Å². The van der Waals surface area contributed by atoms with Gasteiger partial charge in [-0.25, -0.2) is 9.97 Å². The first-order valence-electron chi connectivity index (χ1n) is 10.2. The summed E-state index contributed by atoms with van der Waals surface area (Å²) in [4.78, 5) is 26.4. The Labute approximate surface area is 172 Å². The molecule has 0 N–H and O–H groups in total. The van der Waals surface area contributed by atoms with Gasteiger partial charge < -0.3 is 9.80 Å². The van der Waals surface area contributed by atoms with E-state index in [1.54, 1.807) is 6.07 Å². The number of aryl methyl sites for hydroxylation is 1. The number of benzene rings is 2. The van der Waals surface area contributed by atoms with Crippen molar-refractivity contribution in [1.29, 1.82) is 0 Å². The standard InChI is InChI=1S/C24H26N4O/c1-19-17-22(23(29)27-15-9-4-10-16-27)26-24(25-19)28(21-13-7-3-8-14-21)18-20-11-5-2-6-12-20/h2-3,5-8,11-14,17H,4,9-10,15-16,18H2,1H3. The van der Waals surface area contributed by atoms with Crippen molar-refractivity contribution in [2.24, 2.45) is 0 Å². The fourth-order valence-electron chi connectivity index (χ4n) is 3.69. The Bertz CT molecular complexity index is 953. The van der Waals surface area contributed by atoms with Crippen molar-refractivity contribution >= 4 is 17.5 Å². The number of hydrogen-bond donors (Lipinski definition) is 0. The van der Waals surface area contributed by atoms with Gasteiger partial charge in [0, 0.05) is 24.5 Å². The molecule has 4 rings (SSSR count). The lowest BCUT2D eigenvalue weighted by atomic mass is 10.1. The number of amides is 1. The van der Waals surface area contributed by atoms with Crippen molar-refractivity contribution < 1.29 is 4.79 Å². The molecule has 0 spiro atoms. The summed E-state index contributed by atoms with van der Waals surface area (Å²) in [5.41, 5.74) is 3.43. The third-order valence-corrected chi connectivity index (χ3v) is 5.20. The molecule has 0 saturated carbocycles. The molecule has 3 aromatic rings. The molecule has 1 fully saturated rings. The van der Waals surface area contributed by atoms with Gasteiger partial charge in [0.05, 0.1) is 6.54 Å². The molecule has 1 amide bonds. The van der Waals surface area contributed by atoms with Crippen LogP contribution in [0.3, 0.4) is 0 Å². The highest BCUT2D eigenvalue weighted by Gasteiger charge is 2.22. The molecule has 0 unspecified atom stereocenters. The monoisotopic (exact) mass is 386 g/mol. The summed E-state index contributed by atoms with van der Waals surface area (Å²) in [6.45, 7) is 4.17. The number of nitrogens with zero attached hydrogens (tertiary/aromatic N) is 4. The Hall–Kier alpha value is -3.21. The summed E-state index contributed by atoms with van der Waals surface area (Å²) in [5, 5.41) is 0. The molecule has 0 bridgehead atoms. The first kappa shape index (κ1) is 19.1. The van der Waals surface area contributed by atoms with Gasteiger partial charge in [-0.15, -0.1) is 0 Å². The number of carbonyl (C=O) groups excluding carboxylic acids is 1. The van der Waals surface area contributed by atoms with E-state index in [4.69, 9.17) is 4.98 Å². The zero-order valence-corrected chi connectivity index (χ0v) is 16.8. The van der Waals surface area contributed by atoms with Crippen LogP contribution in [-0.2, 0) is 6.54 Å². The topological polar surface area (TPSA) is 49.3 Å². The van der Waals surface area contributed by atoms with E-state index in [0.29, 0.717) is 18.2 Å². The minimum Gasteiger partial charge on any atom is -0.337 e. The number of likely N-dealkylation sites (tertiary alicyclic amines) is 1. The maximum atomic E-state index is 13.0. The van der Waals surface area contributed by atoms with Crippen molar-refractivity contribution in [3.63, 3.8) is 0 Å². The molecular formula is C24H26N4O. The second-order valence-electron chi connectivity index (χ2n) is 7.45. The Kier molecular flexibility index (Phi) is 5.84. The third-order valence-electron chi connectivity index (χ3n) is 5.20. The maximum Gasteiger partial charge on any atom is 0.272 e. The number of aromatic nitrogens is 2. The number of para-hydroxylation sites is 1. The summed E-state index contributed by atoms with van der Waals surface area (Å²) in [7, 11) is 0. The van der Waals surface area contributed by atoms with Gasteiger partial charge in [-0.3, -0.25) is 4.79 Å². The molecule has 0 radical (unpaired) electrons. The maximum absolute atomic E-state index is 13.0. The van der Waals surface area contributed by atoms with Crippen LogP contribution in [0, 0.1) is 6.92 Å². The first-order valence-corrected chi connectivity index (χ1v) is 10.2. The van der Waals surface area contributed by atoms with Crippen molar-refractivity contribution in [2.45, 2.75) is 32.7 Å². The van der Waals surface area contributed by atoms with E-state index < -0.39 is 0 Å². The Balaban J connectivity index is 1.70. The smallest absolute Gasteiger partial charge is 0.272 e. The predicted molar refractivity (Wildman–Crippen MR) is 115 cm³/mol. The van der Waals surface area contributed by atoms with E-state index in [1.165, 1.54) is 6.42 Å². The molecule has 2 aromatic carbocycles. The van der Waals surface area contributed by atoms with Crippen molar-refractivity contribution in [3.05, 3.63) is 83.7 Å². The van der Waals surface area contributed by atoms with Gasteiger partial charge in [0.1, 0.15) is 5.69 Å². The van der Waals surface area contributed by atoms with Crippen molar-refractivity contribution in [3.8, 4) is 0 Å². The lowest BCUT2D eigenvalue weighted by molar-refractivity contribution is 0.0718. The second-order valence-corrected chi connectivity index (χ2v) is 7.45. The van der Waals surface area contributed by atoms with E-state index in [0.717, 1.165) is 42.9 Å². The normalized spacial score (nSPS) is 13.9. The number of rotatable bonds is 5. The SMILES string of the molecule is Cc1cc(C(=O)N2CCCCC2)nc(N(Cc2ccccc2)c2ccccc2)n1. The molecule has 1 aliphatic rings. The molecule has 0 aliphatic carbocycles. The molecule has 1 aromatic heterocycles. The van der Waals surface area contributed by atoms with Gasteiger partial charge >= 0.3 is 0 Å². The Morgan fingerprint density at radius 3 is 2.28 bits per heavy atom. The van der Waals surface area contributed by atoms with Crippen LogP contribution in [0.15, 0.2) is 66.7 Å². The van der Waals surface area contributed by atoms with Gasteiger partial charge in [0.15, 0.2) is 0 Å². The van der Waals surface area contributed by atoms with Gasteiger partial charge in [-0.2, -0.15) is 0 Å². The van der Waals surface area contributed by atoms with Gasteiger partial charge in [0.2, 0.25) is 5.95 Å². The fourth-order valence-corrected chi connectivity index (χ4v) is 3.69. The number of anilines is 2. The number of piperidine rings is 1. The van der Waals surface area contributed by atoms with Crippen LogP contribution in [0.25, 0.3) is 0 Å². The molecule has 1 aliphatic heterocycles. The van der Waals surface area contributed by atoms with Crippen LogP contribution in [0.5, 0.6) is 0 Å². The lowest BCUT2D eigenvalue weighted by Crippen LogP contribution is -2.36. The molecule has 1 saturated heterocycles. The molecule has 2 heterocycles. The van der Waals surface area contributed by atoms with Crippen LogP contribution in [0.1, 0.15) is 41.0 Å². The number of carbonyl (C=O) groups is 1. The van der Waals surface area contributed by atoms with E-state index >= 15 is 0 Å². The van der Waals surface area contributed by atoms with Crippen LogP contribution in [0.4, 0.5) is 11.6 Å². The highest BCUT2D eigenvalue weighted by Crippen LogP contribution is 2.25. The first-order chi connectivity index (χ1) is 14.2. The molecular weight excluding hydrogens is 360 g/mol. The molecule has 29 heavy (non-hydrogen) atoms. The summed E-state index contributed by atoms with van der Waals surface area (Å²) < 4.78 is 0. The van der Waals surface area contributed by atoms with Gasteiger partial charge in [-0.1, -0.05) is 48.5 Å². The zero-order chi connectivity index (χ0) is 20.1. The molecule has 0 atom stereocenters. The largest absolute Gasteiger partial charge is 0.337 e. The van der Waals surface area contributed by atoms with Crippen molar-refractivity contribution in [1.82, 2.24) is 14.9 Å². The third kappa shape index (κ3) is 4.62. The summed E-state index contributed by atoms with van der Waals surface area (Å²) >= 11 is 0. The lowest BCUT2D eigenvalue weighted by Gasteiger charge is -2.27. The summed E-state index contributed by atoms with van der Waals surface area (Å²) in [6, 6.07) is 22.1. The summed E-state index contributed by atoms with van der Waals surface area (Å²) in [6.07, 6.45) is 3.32. The molecule has 148 valence electrons. The molecule has 5 heteroatoms.